The largest absolute Gasteiger partial charge is 0.462 e. The smallest absolute Gasteiger partial charge is 0.340 e. The van der Waals surface area contributed by atoms with Gasteiger partial charge in [-0.05, 0) is 6.92 Å². The summed E-state index contributed by atoms with van der Waals surface area (Å²) in [5.74, 6) is -1.14. The molecule has 1 rings (SSSR count). The SMILES string of the molecule is CCOC(=O)c1cnc(N)c(Cl)c1C(F)F. The molecule has 2 N–H and O–H groups in total. The maximum atomic E-state index is 12.7. The normalized spacial score (nSPS) is 10.6. The summed E-state index contributed by atoms with van der Waals surface area (Å²) in [5, 5.41) is -0.416. The quantitative estimate of drug-likeness (QED) is 0.837. The molecule has 1 heterocycles. The Morgan fingerprint density at radius 3 is 2.81 bits per heavy atom. The van der Waals surface area contributed by atoms with E-state index in [1.807, 2.05) is 0 Å². The lowest BCUT2D eigenvalue weighted by molar-refractivity contribution is 0.0515. The van der Waals surface area contributed by atoms with Crippen LogP contribution in [0.3, 0.4) is 0 Å². The second kappa shape index (κ2) is 5.07. The molecule has 0 aliphatic rings. The van der Waals surface area contributed by atoms with Gasteiger partial charge in [-0.2, -0.15) is 0 Å². The topological polar surface area (TPSA) is 65.2 Å². The van der Waals surface area contributed by atoms with Crippen molar-refractivity contribution in [3.05, 3.63) is 22.3 Å². The van der Waals surface area contributed by atoms with Crippen LogP contribution < -0.4 is 5.73 Å². The molecule has 7 heteroatoms. The molecule has 0 amide bonds. The molecule has 16 heavy (non-hydrogen) atoms. The fraction of sp³-hybridized carbons (Fsp3) is 0.333. The van der Waals surface area contributed by atoms with Gasteiger partial charge in [-0.1, -0.05) is 11.6 Å². The Labute approximate surface area is 95.4 Å². The number of nitrogen functional groups attached to an aromatic ring is 1. The number of pyridine rings is 1. The van der Waals surface area contributed by atoms with Crippen LogP contribution in [0.15, 0.2) is 6.20 Å². The van der Waals surface area contributed by atoms with Crippen molar-refractivity contribution in [2.24, 2.45) is 0 Å². The van der Waals surface area contributed by atoms with E-state index in [0.717, 1.165) is 6.20 Å². The maximum absolute atomic E-state index is 12.7. The first-order valence-electron chi connectivity index (χ1n) is 4.38. The third-order valence-corrected chi connectivity index (χ3v) is 2.20. The third-order valence-electron chi connectivity index (χ3n) is 1.80. The summed E-state index contributed by atoms with van der Waals surface area (Å²) in [4.78, 5) is 14.9. The maximum Gasteiger partial charge on any atom is 0.340 e. The average Bonchev–Trinajstić information content (AvgIpc) is 2.21. The van der Waals surface area contributed by atoms with Crippen molar-refractivity contribution in [3.63, 3.8) is 0 Å². The Kier molecular flexibility index (Phi) is 4.00. The van der Waals surface area contributed by atoms with Gasteiger partial charge in [0.15, 0.2) is 0 Å². The molecule has 0 radical (unpaired) electrons. The predicted octanol–water partition coefficient (Wildman–Crippen LogP) is 2.43. The van der Waals surface area contributed by atoms with Gasteiger partial charge in [-0.3, -0.25) is 0 Å². The highest BCUT2D eigenvalue weighted by molar-refractivity contribution is 6.34. The van der Waals surface area contributed by atoms with Crippen LogP contribution in [0, 0.1) is 0 Å². The highest BCUT2D eigenvalue weighted by atomic mass is 35.5. The van der Waals surface area contributed by atoms with Gasteiger partial charge in [0.1, 0.15) is 5.82 Å². The predicted molar refractivity (Wildman–Crippen MR) is 54.6 cm³/mol. The fourth-order valence-electron chi connectivity index (χ4n) is 1.10. The molecular weight excluding hydrogens is 242 g/mol. The van der Waals surface area contributed by atoms with E-state index >= 15 is 0 Å². The molecule has 0 saturated heterocycles. The highest BCUT2D eigenvalue weighted by Gasteiger charge is 2.24. The first-order valence-corrected chi connectivity index (χ1v) is 4.76. The zero-order valence-corrected chi connectivity index (χ0v) is 9.09. The molecule has 0 fully saturated rings. The lowest BCUT2D eigenvalue weighted by atomic mass is 10.1. The van der Waals surface area contributed by atoms with Gasteiger partial charge in [0.05, 0.1) is 22.8 Å². The van der Waals surface area contributed by atoms with Gasteiger partial charge in [0, 0.05) is 6.20 Å². The summed E-state index contributed by atoms with van der Waals surface area (Å²) in [6, 6.07) is 0. The van der Waals surface area contributed by atoms with E-state index in [4.69, 9.17) is 17.3 Å². The number of hydrogen-bond acceptors (Lipinski definition) is 4. The van der Waals surface area contributed by atoms with Crippen molar-refractivity contribution in [1.82, 2.24) is 4.98 Å². The number of carbonyl (C=O) groups is 1. The second-order valence-electron chi connectivity index (χ2n) is 2.81. The zero-order chi connectivity index (χ0) is 12.3. The summed E-state index contributed by atoms with van der Waals surface area (Å²) < 4.78 is 30.0. The molecule has 0 aliphatic heterocycles. The number of ether oxygens (including phenoxy) is 1. The fourth-order valence-corrected chi connectivity index (χ4v) is 1.33. The molecular formula is C9H9ClF2N2O2. The Hall–Kier alpha value is -1.43. The van der Waals surface area contributed by atoms with Crippen LogP contribution in [0.4, 0.5) is 14.6 Å². The summed E-state index contributed by atoms with van der Waals surface area (Å²) in [7, 11) is 0. The monoisotopic (exact) mass is 250 g/mol. The molecule has 4 nitrogen and oxygen atoms in total. The number of hydrogen-bond donors (Lipinski definition) is 1. The van der Waals surface area contributed by atoms with Gasteiger partial charge < -0.3 is 10.5 Å². The van der Waals surface area contributed by atoms with Crippen LogP contribution in [0.2, 0.25) is 5.02 Å². The lowest BCUT2D eigenvalue weighted by Crippen LogP contribution is -2.11. The molecule has 1 aromatic heterocycles. The number of anilines is 1. The Morgan fingerprint density at radius 1 is 1.69 bits per heavy atom. The van der Waals surface area contributed by atoms with Crippen LogP contribution in [-0.2, 0) is 4.74 Å². The molecule has 0 bridgehead atoms. The number of alkyl halides is 2. The van der Waals surface area contributed by atoms with Crippen molar-refractivity contribution in [2.75, 3.05) is 12.3 Å². The van der Waals surface area contributed by atoms with Crippen molar-refractivity contribution in [1.29, 1.82) is 0 Å². The van der Waals surface area contributed by atoms with Crippen molar-refractivity contribution in [2.45, 2.75) is 13.3 Å². The van der Waals surface area contributed by atoms with Crippen molar-refractivity contribution < 1.29 is 18.3 Å². The van der Waals surface area contributed by atoms with E-state index in [1.54, 1.807) is 6.92 Å². The minimum atomic E-state index is -2.92. The third kappa shape index (κ3) is 2.38. The van der Waals surface area contributed by atoms with E-state index in [1.165, 1.54) is 0 Å². The number of nitrogens with zero attached hydrogens (tertiary/aromatic N) is 1. The number of nitrogens with two attached hydrogens (primary N) is 1. The molecule has 0 aromatic carbocycles. The average molecular weight is 251 g/mol. The van der Waals surface area contributed by atoms with Crippen LogP contribution in [0.5, 0.6) is 0 Å². The Bertz CT molecular complexity index is 413. The highest BCUT2D eigenvalue weighted by Crippen LogP contribution is 2.33. The van der Waals surface area contributed by atoms with Crippen molar-refractivity contribution >= 4 is 23.4 Å². The van der Waals surface area contributed by atoms with Gasteiger partial charge in [-0.15, -0.1) is 0 Å². The molecule has 88 valence electrons. The van der Waals surface area contributed by atoms with Gasteiger partial charge in [-0.25, -0.2) is 18.6 Å². The van der Waals surface area contributed by atoms with Crippen molar-refractivity contribution in [3.8, 4) is 0 Å². The van der Waals surface area contributed by atoms with Crippen LogP contribution >= 0.6 is 11.6 Å². The summed E-state index contributed by atoms with van der Waals surface area (Å²) in [6.07, 6.45) is -1.99. The van der Waals surface area contributed by atoms with E-state index in [2.05, 4.69) is 9.72 Å². The number of esters is 1. The summed E-state index contributed by atoms with van der Waals surface area (Å²) >= 11 is 5.56. The number of rotatable bonds is 3. The Morgan fingerprint density at radius 2 is 2.31 bits per heavy atom. The Balaban J connectivity index is 3.28. The van der Waals surface area contributed by atoms with Gasteiger partial charge in [0.2, 0.25) is 0 Å². The number of halogens is 3. The molecule has 1 aromatic rings. The molecule has 0 unspecified atom stereocenters. The molecule has 0 spiro atoms. The number of carbonyl (C=O) groups excluding carboxylic acids is 1. The lowest BCUT2D eigenvalue weighted by Gasteiger charge is -2.10. The van der Waals surface area contributed by atoms with E-state index in [9.17, 15) is 13.6 Å². The number of aromatic nitrogens is 1. The first kappa shape index (κ1) is 12.6. The zero-order valence-electron chi connectivity index (χ0n) is 8.34. The van der Waals surface area contributed by atoms with Crippen LogP contribution in [0.25, 0.3) is 0 Å². The summed E-state index contributed by atoms with van der Waals surface area (Å²) in [5.41, 5.74) is 4.26. The molecule has 0 aliphatic carbocycles. The minimum absolute atomic E-state index is 0.0729. The standard InChI is InChI=1S/C9H9ClF2N2O2/c1-2-16-9(15)4-3-14-8(13)6(10)5(4)7(11)12/h3,7H,2H2,1H3,(H2,13,14). The van der Waals surface area contributed by atoms with E-state index < -0.39 is 23.0 Å². The van der Waals surface area contributed by atoms with Gasteiger partial charge >= 0.3 is 5.97 Å². The molecule has 0 saturated carbocycles. The molecule has 0 atom stereocenters. The van der Waals surface area contributed by atoms with Crippen LogP contribution in [0.1, 0.15) is 29.3 Å². The minimum Gasteiger partial charge on any atom is -0.462 e. The first-order chi connectivity index (χ1) is 7.49. The second-order valence-corrected chi connectivity index (χ2v) is 3.18. The summed E-state index contributed by atoms with van der Waals surface area (Å²) in [6.45, 7) is 1.63. The van der Waals surface area contributed by atoms with Crippen LogP contribution in [-0.4, -0.2) is 17.6 Å². The van der Waals surface area contributed by atoms with E-state index in [0.29, 0.717) is 0 Å². The van der Waals surface area contributed by atoms with E-state index in [-0.39, 0.29) is 18.0 Å². The van der Waals surface area contributed by atoms with Gasteiger partial charge in [0.25, 0.3) is 6.43 Å².